The van der Waals surface area contributed by atoms with E-state index in [4.69, 9.17) is 23.7 Å². The van der Waals surface area contributed by atoms with Crippen molar-refractivity contribution in [2.24, 2.45) is 0 Å². The molecule has 0 aliphatic carbocycles. The number of hydrogen-bond acceptors (Lipinski definition) is 6. The quantitative estimate of drug-likeness (QED) is 0.853. The molecule has 0 radical (unpaired) electrons. The van der Waals surface area contributed by atoms with Crippen LogP contribution in [0.5, 0.6) is 0 Å². The Hall–Kier alpha value is -1.51. The second-order valence-corrected chi connectivity index (χ2v) is 8.86. The van der Waals surface area contributed by atoms with Crippen LogP contribution in [0.1, 0.15) is 53.0 Å². The highest BCUT2D eigenvalue weighted by atomic mass is 16.9. The molecule has 3 saturated heterocycles. The monoisotopic (exact) mass is 391 g/mol. The lowest BCUT2D eigenvalue weighted by Crippen LogP contribution is -2.58. The van der Waals surface area contributed by atoms with Crippen molar-refractivity contribution in [3.8, 4) is 0 Å². The molecule has 7 heteroatoms. The van der Waals surface area contributed by atoms with E-state index in [9.17, 15) is 4.79 Å². The van der Waals surface area contributed by atoms with Crippen molar-refractivity contribution in [2.45, 2.75) is 89.7 Å². The molecule has 5 atom stereocenters. The van der Waals surface area contributed by atoms with E-state index in [0.717, 1.165) is 0 Å². The number of nitrogens with one attached hydrogen (secondary N) is 1. The average Bonchev–Trinajstić information content (AvgIpc) is 3.08. The molecule has 5 unspecified atom stereocenters. The lowest BCUT2D eigenvalue weighted by molar-refractivity contribution is -0.229. The normalized spacial score (nSPS) is 35.5. The molecule has 1 aromatic rings. The summed E-state index contributed by atoms with van der Waals surface area (Å²) in [7, 11) is 0. The summed E-state index contributed by atoms with van der Waals surface area (Å²) in [5.41, 5.74) is 1.92. The van der Waals surface area contributed by atoms with Gasteiger partial charge in [0.25, 0.3) is 5.91 Å². The molecule has 0 spiro atoms. The van der Waals surface area contributed by atoms with Gasteiger partial charge in [-0.2, -0.15) is 0 Å². The molecule has 0 bridgehead atoms. The number of hydrogen-bond donors (Lipinski definition) is 1. The Morgan fingerprint density at radius 3 is 2.11 bits per heavy atom. The zero-order chi connectivity index (χ0) is 20.3. The van der Waals surface area contributed by atoms with Crippen LogP contribution in [-0.2, 0) is 28.5 Å². The molecular formula is C21H29NO6. The van der Waals surface area contributed by atoms with Crippen molar-refractivity contribution < 1.29 is 28.5 Å². The molecule has 1 N–H and O–H groups in total. The van der Waals surface area contributed by atoms with Crippen LogP contribution in [0.25, 0.3) is 0 Å². The van der Waals surface area contributed by atoms with E-state index in [1.807, 2.05) is 52.0 Å². The number of amides is 1. The van der Waals surface area contributed by atoms with Crippen molar-refractivity contribution >= 4 is 11.6 Å². The van der Waals surface area contributed by atoms with Crippen LogP contribution in [0.3, 0.4) is 0 Å². The summed E-state index contributed by atoms with van der Waals surface area (Å²) in [4.78, 5) is 13.0. The van der Waals surface area contributed by atoms with Gasteiger partial charge in [-0.1, -0.05) is 26.0 Å². The number of carbonyl (C=O) groups is 1. The molecule has 3 heterocycles. The largest absolute Gasteiger partial charge is 0.342 e. The summed E-state index contributed by atoms with van der Waals surface area (Å²) in [6.07, 6.45) is -3.03. The molecule has 4 rings (SSSR count). The van der Waals surface area contributed by atoms with E-state index in [-0.39, 0.29) is 5.91 Å². The number of ether oxygens (including phenoxy) is 5. The van der Waals surface area contributed by atoms with Crippen LogP contribution in [-0.4, -0.2) is 48.2 Å². The van der Waals surface area contributed by atoms with E-state index < -0.39 is 42.3 Å². The maximum atomic E-state index is 13.0. The Labute approximate surface area is 165 Å². The fraction of sp³-hybridized carbons (Fsp3) is 0.667. The number of rotatable bonds is 3. The molecule has 0 saturated carbocycles. The lowest BCUT2D eigenvalue weighted by atomic mass is 9.98. The van der Waals surface area contributed by atoms with Gasteiger partial charge >= 0.3 is 0 Å². The Morgan fingerprint density at radius 2 is 1.46 bits per heavy atom. The minimum atomic E-state index is -0.865. The Kier molecular flexibility index (Phi) is 4.79. The summed E-state index contributed by atoms with van der Waals surface area (Å²) in [5, 5.41) is 2.92. The van der Waals surface area contributed by atoms with Gasteiger partial charge < -0.3 is 29.0 Å². The third-order valence-corrected chi connectivity index (χ3v) is 5.26. The smallest absolute Gasteiger partial charge is 0.256 e. The number of carbonyl (C=O) groups excluding carboxylic acids is 1. The number of fused-ring (bicyclic) bond motifs is 3. The third-order valence-electron chi connectivity index (χ3n) is 5.26. The predicted octanol–water partition coefficient (Wildman–Crippen LogP) is 3.15. The van der Waals surface area contributed by atoms with Crippen molar-refractivity contribution in [1.29, 1.82) is 0 Å². The third kappa shape index (κ3) is 3.69. The first-order valence-corrected chi connectivity index (χ1v) is 9.82. The van der Waals surface area contributed by atoms with Crippen molar-refractivity contribution in [2.75, 3.05) is 5.32 Å². The maximum absolute atomic E-state index is 13.0. The molecule has 1 aromatic carbocycles. The van der Waals surface area contributed by atoms with Gasteiger partial charge in [0.1, 0.15) is 18.3 Å². The van der Waals surface area contributed by atoms with Crippen LogP contribution in [0, 0.1) is 0 Å². The highest BCUT2D eigenvalue weighted by Gasteiger charge is 2.62. The van der Waals surface area contributed by atoms with Crippen LogP contribution in [0.2, 0.25) is 0 Å². The van der Waals surface area contributed by atoms with Crippen molar-refractivity contribution in [3.05, 3.63) is 29.8 Å². The molecular weight excluding hydrogens is 362 g/mol. The van der Waals surface area contributed by atoms with Gasteiger partial charge in [0.15, 0.2) is 24.0 Å². The van der Waals surface area contributed by atoms with Crippen LogP contribution >= 0.6 is 0 Å². The van der Waals surface area contributed by atoms with E-state index >= 15 is 0 Å². The Bertz CT molecular complexity index is 744. The summed E-state index contributed by atoms with van der Waals surface area (Å²) < 4.78 is 29.8. The standard InChI is InChI=1S/C21H29NO6/c1-11(2)12-7-9-13(10-8-12)22-18(23)16-14-15(26-20(3,4)25-14)17-19(24-16)28-21(5,6)27-17/h7-11,14-17,19H,1-6H3,(H,22,23). The minimum Gasteiger partial charge on any atom is -0.342 e. The van der Waals surface area contributed by atoms with E-state index in [1.54, 1.807) is 0 Å². The first-order valence-electron chi connectivity index (χ1n) is 9.82. The Balaban J connectivity index is 1.53. The lowest BCUT2D eigenvalue weighted by Gasteiger charge is -2.36. The zero-order valence-electron chi connectivity index (χ0n) is 17.2. The van der Waals surface area contributed by atoms with Gasteiger partial charge in [-0.3, -0.25) is 4.79 Å². The second-order valence-electron chi connectivity index (χ2n) is 8.86. The fourth-order valence-corrected chi connectivity index (χ4v) is 3.99. The minimum absolute atomic E-state index is 0.291. The molecule has 3 fully saturated rings. The van der Waals surface area contributed by atoms with Gasteiger partial charge in [0.05, 0.1) is 0 Å². The van der Waals surface area contributed by atoms with Gasteiger partial charge in [-0.15, -0.1) is 0 Å². The van der Waals surface area contributed by atoms with Gasteiger partial charge in [0, 0.05) is 5.69 Å². The summed E-state index contributed by atoms with van der Waals surface area (Å²) in [5.74, 6) is -1.51. The first-order chi connectivity index (χ1) is 13.0. The summed E-state index contributed by atoms with van der Waals surface area (Å²) in [6, 6.07) is 7.81. The van der Waals surface area contributed by atoms with Crippen molar-refractivity contribution in [1.82, 2.24) is 0 Å². The van der Waals surface area contributed by atoms with Gasteiger partial charge in [-0.05, 0) is 51.3 Å². The number of anilines is 1. The molecule has 154 valence electrons. The molecule has 3 aliphatic rings. The van der Waals surface area contributed by atoms with E-state index in [2.05, 4.69) is 19.2 Å². The first kappa shape index (κ1) is 19.8. The Morgan fingerprint density at radius 1 is 0.893 bits per heavy atom. The van der Waals surface area contributed by atoms with Crippen LogP contribution in [0.15, 0.2) is 24.3 Å². The van der Waals surface area contributed by atoms with Crippen LogP contribution in [0.4, 0.5) is 5.69 Å². The van der Waals surface area contributed by atoms with E-state index in [1.165, 1.54) is 5.56 Å². The van der Waals surface area contributed by atoms with E-state index in [0.29, 0.717) is 11.6 Å². The average molecular weight is 391 g/mol. The predicted molar refractivity (Wildman–Crippen MR) is 102 cm³/mol. The maximum Gasteiger partial charge on any atom is 0.256 e. The highest BCUT2D eigenvalue weighted by Crippen LogP contribution is 2.44. The number of benzene rings is 1. The molecule has 7 nitrogen and oxygen atoms in total. The fourth-order valence-electron chi connectivity index (χ4n) is 3.99. The summed E-state index contributed by atoms with van der Waals surface area (Å²) >= 11 is 0. The summed E-state index contributed by atoms with van der Waals surface area (Å²) in [6.45, 7) is 11.5. The molecule has 3 aliphatic heterocycles. The van der Waals surface area contributed by atoms with Crippen molar-refractivity contribution in [3.63, 3.8) is 0 Å². The highest BCUT2D eigenvalue weighted by molar-refractivity contribution is 5.94. The molecule has 1 amide bonds. The van der Waals surface area contributed by atoms with Gasteiger partial charge in [0.2, 0.25) is 0 Å². The van der Waals surface area contributed by atoms with Gasteiger partial charge in [-0.25, -0.2) is 0 Å². The SMILES string of the molecule is CC(C)c1ccc(NC(=O)C2OC3OC(C)(C)OC3C3OC(C)(C)OC23)cc1. The molecule has 28 heavy (non-hydrogen) atoms. The molecule has 0 aromatic heterocycles. The zero-order valence-corrected chi connectivity index (χ0v) is 17.2. The topological polar surface area (TPSA) is 75.3 Å². The van der Waals surface area contributed by atoms with Crippen LogP contribution < -0.4 is 5.32 Å². The second kappa shape index (κ2) is 6.78.